The summed E-state index contributed by atoms with van der Waals surface area (Å²) in [6, 6.07) is 4.35. The van der Waals surface area contributed by atoms with Crippen molar-refractivity contribution >= 4 is 5.69 Å². The predicted octanol–water partition coefficient (Wildman–Crippen LogP) is 3.17. The maximum absolute atomic E-state index is 13.1. The third-order valence-electron chi connectivity index (χ3n) is 3.55. The lowest BCUT2D eigenvalue weighted by atomic mass is 10.0. The van der Waals surface area contributed by atoms with E-state index in [1.54, 1.807) is 6.07 Å². The molecule has 1 fully saturated rings. The molecule has 21 heavy (non-hydrogen) atoms. The second-order valence-electron chi connectivity index (χ2n) is 6.11. The van der Waals surface area contributed by atoms with Gasteiger partial charge in [0, 0.05) is 25.3 Å². The van der Waals surface area contributed by atoms with E-state index in [2.05, 4.69) is 0 Å². The number of ether oxygens (including phenoxy) is 1. The van der Waals surface area contributed by atoms with Crippen LogP contribution in [0.2, 0.25) is 0 Å². The van der Waals surface area contributed by atoms with Crippen molar-refractivity contribution in [3.63, 3.8) is 0 Å². The van der Waals surface area contributed by atoms with E-state index < -0.39 is 11.7 Å². The van der Waals surface area contributed by atoms with Crippen molar-refractivity contribution in [2.75, 3.05) is 18.0 Å². The number of halogens is 3. The summed E-state index contributed by atoms with van der Waals surface area (Å²) in [5.74, 6) is 0. The Bertz CT molecular complexity index is 514. The molecule has 0 spiro atoms. The van der Waals surface area contributed by atoms with Gasteiger partial charge in [-0.15, -0.1) is 0 Å². The van der Waals surface area contributed by atoms with Gasteiger partial charge in [-0.3, -0.25) is 0 Å². The van der Waals surface area contributed by atoms with Gasteiger partial charge >= 0.3 is 6.18 Å². The summed E-state index contributed by atoms with van der Waals surface area (Å²) in [7, 11) is 0. The molecule has 1 aromatic rings. The molecule has 1 aromatic carbocycles. The third-order valence-corrected chi connectivity index (χ3v) is 3.55. The van der Waals surface area contributed by atoms with E-state index in [0.29, 0.717) is 18.8 Å². The van der Waals surface area contributed by atoms with Gasteiger partial charge in [-0.05, 0) is 38.5 Å². The Kier molecular flexibility index (Phi) is 4.22. The van der Waals surface area contributed by atoms with E-state index in [4.69, 9.17) is 10.5 Å². The van der Waals surface area contributed by atoms with Crippen LogP contribution in [0, 0.1) is 0 Å². The zero-order valence-corrected chi connectivity index (χ0v) is 12.5. The first-order chi connectivity index (χ1) is 9.62. The molecule has 6 heteroatoms. The minimum absolute atomic E-state index is 0.0303. The normalized spacial score (nSPS) is 22.4. The summed E-state index contributed by atoms with van der Waals surface area (Å²) in [5, 5.41) is 0. The molecule has 1 atom stereocenters. The Morgan fingerprint density at radius 1 is 1.38 bits per heavy atom. The quantitative estimate of drug-likeness (QED) is 0.912. The van der Waals surface area contributed by atoms with Gasteiger partial charge < -0.3 is 15.4 Å². The zero-order chi connectivity index (χ0) is 15.8. The third kappa shape index (κ3) is 3.68. The summed E-state index contributed by atoms with van der Waals surface area (Å²) in [6.45, 7) is 6.80. The predicted molar refractivity (Wildman–Crippen MR) is 76.2 cm³/mol. The van der Waals surface area contributed by atoms with Crippen molar-refractivity contribution in [2.24, 2.45) is 5.73 Å². The smallest absolute Gasteiger partial charge is 0.369 e. The molecule has 1 aliphatic rings. The summed E-state index contributed by atoms with van der Waals surface area (Å²) >= 11 is 0. The molecule has 0 aliphatic carbocycles. The number of nitrogens with zero attached hydrogens (tertiary/aromatic N) is 1. The van der Waals surface area contributed by atoms with E-state index in [0.717, 1.165) is 0 Å². The first-order valence-corrected chi connectivity index (χ1v) is 6.95. The summed E-state index contributed by atoms with van der Waals surface area (Å²) < 4.78 is 45.1. The largest absolute Gasteiger partial charge is 0.416 e. The molecule has 2 rings (SSSR count). The molecule has 1 aliphatic heterocycles. The van der Waals surface area contributed by atoms with Crippen LogP contribution in [-0.4, -0.2) is 24.8 Å². The first-order valence-electron chi connectivity index (χ1n) is 6.95. The maximum Gasteiger partial charge on any atom is 0.416 e. The Morgan fingerprint density at radius 2 is 2.05 bits per heavy atom. The van der Waals surface area contributed by atoms with Crippen molar-refractivity contribution < 1.29 is 17.9 Å². The highest BCUT2D eigenvalue weighted by molar-refractivity contribution is 5.52. The maximum atomic E-state index is 13.1. The van der Waals surface area contributed by atoms with Crippen LogP contribution >= 0.6 is 0 Å². The summed E-state index contributed by atoms with van der Waals surface area (Å²) in [6.07, 6.45) is -4.42. The molecular formula is C15H21F3N2O. The van der Waals surface area contributed by atoms with E-state index >= 15 is 0 Å². The van der Waals surface area contributed by atoms with Crippen molar-refractivity contribution in [3.8, 4) is 0 Å². The average molecular weight is 302 g/mol. The number of morpholine rings is 1. The van der Waals surface area contributed by atoms with Gasteiger partial charge in [0.15, 0.2) is 0 Å². The van der Waals surface area contributed by atoms with Crippen molar-refractivity contribution in [2.45, 2.75) is 45.2 Å². The molecule has 2 N–H and O–H groups in total. The lowest BCUT2D eigenvalue weighted by Gasteiger charge is -2.43. The number of alkyl halides is 3. The van der Waals surface area contributed by atoms with Crippen LogP contribution in [0.15, 0.2) is 18.2 Å². The lowest BCUT2D eigenvalue weighted by Crippen LogP contribution is -2.52. The molecule has 3 nitrogen and oxygen atoms in total. The fraction of sp³-hybridized carbons (Fsp3) is 0.600. The molecule has 1 unspecified atom stereocenters. The molecule has 118 valence electrons. The number of nitrogens with two attached hydrogens (primary N) is 1. The number of hydrogen-bond acceptors (Lipinski definition) is 3. The Balaban J connectivity index is 2.36. The number of rotatable bonds is 2. The monoisotopic (exact) mass is 302 g/mol. The molecule has 0 saturated carbocycles. The molecule has 0 radical (unpaired) electrons. The fourth-order valence-corrected chi connectivity index (χ4v) is 2.85. The number of anilines is 1. The first kappa shape index (κ1) is 16.1. The van der Waals surface area contributed by atoms with E-state index in [-0.39, 0.29) is 23.8 Å². The second kappa shape index (κ2) is 5.50. The van der Waals surface area contributed by atoms with Crippen LogP contribution in [0.4, 0.5) is 18.9 Å². The van der Waals surface area contributed by atoms with Crippen LogP contribution < -0.4 is 10.6 Å². The van der Waals surface area contributed by atoms with Crippen molar-refractivity contribution in [3.05, 3.63) is 29.3 Å². The van der Waals surface area contributed by atoms with Gasteiger partial charge in [0.05, 0.1) is 17.3 Å². The van der Waals surface area contributed by atoms with Gasteiger partial charge in [0.1, 0.15) is 0 Å². The molecule has 1 heterocycles. The molecule has 1 saturated heterocycles. The van der Waals surface area contributed by atoms with Gasteiger partial charge in [0.25, 0.3) is 0 Å². The molecule has 0 aromatic heterocycles. The van der Waals surface area contributed by atoms with E-state index in [1.807, 2.05) is 25.7 Å². The highest BCUT2D eigenvalue weighted by Gasteiger charge is 2.35. The fourth-order valence-electron chi connectivity index (χ4n) is 2.85. The molecule has 0 amide bonds. The minimum Gasteiger partial charge on any atom is -0.369 e. The summed E-state index contributed by atoms with van der Waals surface area (Å²) in [4.78, 5) is 1.93. The average Bonchev–Trinajstić information content (AvgIpc) is 2.34. The van der Waals surface area contributed by atoms with Crippen molar-refractivity contribution in [1.29, 1.82) is 0 Å². The molecule has 0 bridgehead atoms. The second-order valence-corrected chi connectivity index (χ2v) is 6.11. The number of hydrogen-bond donors (Lipinski definition) is 1. The lowest BCUT2D eigenvalue weighted by molar-refractivity contribution is -0.138. The standard InChI is InChI=1S/C15H21F3N2O/c1-10-8-20(9-14(2,3)21-10)12-5-4-11(7-19)13(6-12)15(16,17)18/h4-6,10H,7-9,19H2,1-3H3. The van der Waals surface area contributed by atoms with Crippen LogP contribution in [0.25, 0.3) is 0 Å². The Labute approximate surface area is 122 Å². The van der Waals surface area contributed by atoms with Crippen LogP contribution in [0.5, 0.6) is 0 Å². The number of benzene rings is 1. The van der Waals surface area contributed by atoms with Gasteiger partial charge in [-0.2, -0.15) is 13.2 Å². The van der Waals surface area contributed by atoms with Gasteiger partial charge in [0.2, 0.25) is 0 Å². The minimum atomic E-state index is -4.39. The highest BCUT2D eigenvalue weighted by atomic mass is 19.4. The SMILES string of the molecule is CC1CN(c2ccc(CN)c(C(F)(F)F)c2)CC(C)(C)O1. The molecular weight excluding hydrogens is 281 g/mol. The van der Waals surface area contributed by atoms with Crippen LogP contribution in [-0.2, 0) is 17.5 Å². The Hall–Kier alpha value is -1.27. The zero-order valence-electron chi connectivity index (χ0n) is 12.5. The van der Waals surface area contributed by atoms with E-state index in [9.17, 15) is 13.2 Å². The van der Waals surface area contributed by atoms with E-state index in [1.165, 1.54) is 12.1 Å². The highest BCUT2D eigenvalue weighted by Crippen LogP contribution is 2.35. The van der Waals surface area contributed by atoms with Crippen LogP contribution in [0.3, 0.4) is 0 Å². The summed E-state index contributed by atoms with van der Waals surface area (Å²) in [5.41, 5.74) is 5.04. The van der Waals surface area contributed by atoms with Gasteiger partial charge in [-0.1, -0.05) is 6.07 Å². The van der Waals surface area contributed by atoms with Gasteiger partial charge in [-0.25, -0.2) is 0 Å². The van der Waals surface area contributed by atoms with Crippen molar-refractivity contribution in [1.82, 2.24) is 0 Å². The van der Waals surface area contributed by atoms with Crippen LogP contribution in [0.1, 0.15) is 31.9 Å². The topological polar surface area (TPSA) is 38.5 Å². The Morgan fingerprint density at radius 3 is 2.57 bits per heavy atom.